The van der Waals surface area contributed by atoms with Crippen LogP contribution in [0.25, 0.3) is 11.5 Å². The first-order valence-corrected chi connectivity index (χ1v) is 6.36. The fourth-order valence-corrected chi connectivity index (χ4v) is 1.90. The summed E-state index contributed by atoms with van der Waals surface area (Å²) in [7, 11) is 0. The minimum atomic E-state index is -0.413. The van der Waals surface area contributed by atoms with Crippen LogP contribution in [-0.4, -0.2) is 39.3 Å². The van der Waals surface area contributed by atoms with Crippen molar-refractivity contribution in [3.8, 4) is 11.5 Å². The molecule has 0 spiro atoms. The number of carbonyl (C=O) groups is 1. The molecule has 0 radical (unpaired) electrons. The monoisotopic (exact) mass is 273 g/mol. The lowest BCUT2D eigenvalue weighted by molar-refractivity contribution is -0.157. The molecule has 7 heteroatoms. The van der Waals surface area contributed by atoms with Crippen LogP contribution in [0.3, 0.4) is 0 Å². The van der Waals surface area contributed by atoms with Gasteiger partial charge in [0.2, 0.25) is 5.91 Å². The first-order chi connectivity index (χ1) is 9.67. The van der Waals surface area contributed by atoms with Gasteiger partial charge in [-0.05, 0) is 19.1 Å². The van der Waals surface area contributed by atoms with Crippen molar-refractivity contribution < 1.29 is 9.53 Å². The average Bonchev–Trinajstić information content (AvgIpc) is 2.92. The van der Waals surface area contributed by atoms with E-state index in [0.29, 0.717) is 37.1 Å². The Kier molecular flexibility index (Phi) is 3.19. The van der Waals surface area contributed by atoms with Gasteiger partial charge >= 0.3 is 0 Å². The minimum absolute atomic E-state index is 0.0282. The van der Waals surface area contributed by atoms with E-state index in [9.17, 15) is 4.79 Å². The minimum Gasteiger partial charge on any atom is -0.379 e. The molecule has 1 saturated heterocycles. The van der Waals surface area contributed by atoms with Crippen molar-refractivity contribution in [1.29, 1.82) is 0 Å². The molecule has 1 fully saturated rings. The van der Waals surface area contributed by atoms with E-state index >= 15 is 0 Å². The zero-order valence-electron chi connectivity index (χ0n) is 11.1. The number of nitrogens with one attached hydrogen (secondary N) is 2. The standard InChI is InChI=1S/C13H15N5O2/c1-13(7-20-8-13)12(19)15-6-10-16-11(18-17-10)9-4-2-3-5-14-9/h2-5H,6-8H2,1H3,(H,15,19)(H,16,17,18). The van der Waals surface area contributed by atoms with E-state index in [-0.39, 0.29) is 5.91 Å². The third-order valence-electron chi connectivity index (χ3n) is 3.23. The molecule has 2 aromatic heterocycles. The molecule has 0 atom stereocenters. The van der Waals surface area contributed by atoms with Crippen molar-refractivity contribution in [3.63, 3.8) is 0 Å². The number of aromatic nitrogens is 4. The molecular weight excluding hydrogens is 258 g/mol. The van der Waals surface area contributed by atoms with E-state index in [2.05, 4.69) is 25.5 Å². The molecule has 1 amide bonds. The van der Waals surface area contributed by atoms with Crippen LogP contribution in [0.15, 0.2) is 24.4 Å². The molecule has 0 bridgehead atoms. The molecular formula is C13H15N5O2. The zero-order chi connectivity index (χ0) is 14.0. The van der Waals surface area contributed by atoms with Crippen LogP contribution in [0.5, 0.6) is 0 Å². The summed E-state index contributed by atoms with van der Waals surface area (Å²) in [5.41, 5.74) is 0.282. The van der Waals surface area contributed by atoms with Crippen LogP contribution < -0.4 is 5.32 Å². The maximum Gasteiger partial charge on any atom is 0.230 e. The maximum absolute atomic E-state index is 11.9. The predicted octanol–water partition coefficient (Wildman–Crippen LogP) is 0.519. The molecule has 2 N–H and O–H groups in total. The number of rotatable bonds is 4. The highest BCUT2D eigenvalue weighted by Crippen LogP contribution is 2.26. The Bertz CT molecular complexity index is 606. The summed E-state index contributed by atoms with van der Waals surface area (Å²) in [6.45, 7) is 3.13. The van der Waals surface area contributed by atoms with Gasteiger partial charge in [0.1, 0.15) is 11.5 Å². The van der Waals surface area contributed by atoms with Crippen molar-refractivity contribution in [2.75, 3.05) is 13.2 Å². The highest BCUT2D eigenvalue weighted by atomic mass is 16.5. The molecule has 104 valence electrons. The second-order valence-electron chi connectivity index (χ2n) is 5.06. The van der Waals surface area contributed by atoms with Crippen LogP contribution in [0.2, 0.25) is 0 Å². The summed E-state index contributed by atoms with van der Waals surface area (Å²) < 4.78 is 5.07. The Morgan fingerprint density at radius 2 is 2.35 bits per heavy atom. The van der Waals surface area contributed by atoms with Crippen LogP contribution in [0, 0.1) is 5.41 Å². The lowest BCUT2D eigenvalue weighted by Gasteiger charge is -2.36. The Labute approximate surface area is 115 Å². The number of nitrogens with zero attached hydrogens (tertiary/aromatic N) is 3. The molecule has 3 heterocycles. The second-order valence-corrected chi connectivity index (χ2v) is 5.06. The summed E-state index contributed by atoms with van der Waals surface area (Å²) in [5.74, 6) is 1.09. The summed E-state index contributed by atoms with van der Waals surface area (Å²) >= 11 is 0. The molecule has 3 rings (SSSR count). The molecule has 1 aliphatic rings. The molecule has 7 nitrogen and oxygen atoms in total. The molecule has 2 aromatic rings. The smallest absolute Gasteiger partial charge is 0.230 e. The molecule has 0 unspecified atom stereocenters. The first kappa shape index (κ1) is 12.7. The van der Waals surface area contributed by atoms with E-state index in [1.54, 1.807) is 6.20 Å². The molecule has 1 aliphatic heterocycles. The topological polar surface area (TPSA) is 92.8 Å². The number of hydrogen-bond donors (Lipinski definition) is 2. The predicted molar refractivity (Wildman–Crippen MR) is 70.4 cm³/mol. The average molecular weight is 273 g/mol. The van der Waals surface area contributed by atoms with Gasteiger partial charge in [-0.2, -0.15) is 5.10 Å². The Morgan fingerprint density at radius 1 is 1.50 bits per heavy atom. The number of pyridine rings is 1. The number of aromatic amines is 1. The number of ether oxygens (including phenoxy) is 1. The fourth-order valence-electron chi connectivity index (χ4n) is 1.90. The number of carbonyl (C=O) groups excluding carboxylic acids is 1. The third-order valence-corrected chi connectivity index (χ3v) is 3.23. The Hall–Kier alpha value is -2.28. The number of H-pyrrole nitrogens is 1. The second kappa shape index (κ2) is 5.01. The summed E-state index contributed by atoms with van der Waals surface area (Å²) in [4.78, 5) is 20.4. The van der Waals surface area contributed by atoms with Gasteiger partial charge in [-0.1, -0.05) is 6.07 Å². The van der Waals surface area contributed by atoms with Crippen LogP contribution in [-0.2, 0) is 16.1 Å². The van der Waals surface area contributed by atoms with Gasteiger partial charge in [0, 0.05) is 6.20 Å². The lowest BCUT2D eigenvalue weighted by atomic mass is 9.88. The normalized spacial score (nSPS) is 16.4. The van der Waals surface area contributed by atoms with Gasteiger partial charge in [0.05, 0.1) is 25.2 Å². The highest BCUT2D eigenvalue weighted by molar-refractivity contribution is 5.83. The SMILES string of the molecule is CC1(C(=O)NCc2nc(-c3ccccn3)n[nH]2)COC1. The van der Waals surface area contributed by atoms with Gasteiger partial charge in [-0.25, -0.2) is 4.98 Å². The molecule has 0 aliphatic carbocycles. The quantitative estimate of drug-likeness (QED) is 0.847. The Balaban J connectivity index is 1.62. The summed E-state index contributed by atoms with van der Waals surface area (Å²) in [5, 5.41) is 9.72. The van der Waals surface area contributed by atoms with Crippen molar-refractivity contribution >= 4 is 5.91 Å². The van der Waals surface area contributed by atoms with E-state index in [0.717, 1.165) is 0 Å². The molecule has 20 heavy (non-hydrogen) atoms. The van der Waals surface area contributed by atoms with Gasteiger partial charge < -0.3 is 10.1 Å². The van der Waals surface area contributed by atoms with Gasteiger partial charge in [0.15, 0.2) is 5.82 Å². The van der Waals surface area contributed by atoms with Crippen LogP contribution in [0.1, 0.15) is 12.7 Å². The Morgan fingerprint density at radius 3 is 3.00 bits per heavy atom. The van der Waals surface area contributed by atoms with Crippen molar-refractivity contribution in [1.82, 2.24) is 25.5 Å². The fraction of sp³-hybridized carbons (Fsp3) is 0.385. The van der Waals surface area contributed by atoms with Crippen molar-refractivity contribution in [3.05, 3.63) is 30.2 Å². The zero-order valence-corrected chi connectivity index (χ0v) is 11.1. The lowest BCUT2D eigenvalue weighted by Crippen LogP contribution is -2.51. The summed E-state index contributed by atoms with van der Waals surface area (Å²) in [6.07, 6.45) is 1.69. The van der Waals surface area contributed by atoms with Gasteiger partial charge in [0.25, 0.3) is 0 Å². The maximum atomic E-state index is 11.9. The third kappa shape index (κ3) is 2.39. The van der Waals surface area contributed by atoms with Crippen molar-refractivity contribution in [2.24, 2.45) is 5.41 Å². The van der Waals surface area contributed by atoms with Gasteiger partial charge in [-0.15, -0.1) is 0 Å². The van der Waals surface area contributed by atoms with E-state index in [1.807, 2.05) is 25.1 Å². The highest BCUT2D eigenvalue weighted by Gasteiger charge is 2.40. The van der Waals surface area contributed by atoms with E-state index in [1.165, 1.54) is 0 Å². The van der Waals surface area contributed by atoms with Crippen LogP contribution >= 0.6 is 0 Å². The van der Waals surface area contributed by atoms with Crippen LogP contribution in [0.4, 0.5) is 0 Å². The number of amides is 1. The van der Waals surface area contributed by atoms with E-state index < -0.39 is 5.41 Å². The summed E-state index contributed by atoms with van der Waals surface area (Å²) in [6, 6.07) is 5.54. The van der Waals surface area contributed by atoms with Crippen molar-refractivity contribution in [2.45, 2.75) is 13.5 Å². The van der Waals surface area contributed by atoms with Gasteiger partial charge in [-0.3, -0.25) is 14.9 Å². The van der Waals surface area contributed by atoms with E-state index in [4.69, 9.17) is 4.74 Å². The largest absolute Gasteiger partial charge is 0.379 e. The number of hydrogen-bond acceptors (Lipinski definition) is 5. The first-order valence-electron chi connectivity index (χ1n) is 6.36. The molecule has 0 aromatic carbocycles. The molecule has 0 saturated carbocycles.